The number of hydrogen-bond donors (Lipinski definition) is 0. The summed E-state index contributed by atoms with van der Waals surface area (Å²) >= 11 is 0. The van der Waals surface area contributed by atoms with Gasteiger partial charge in [0.1, 0.15) is 0 Å². The van der Waals surface area contributed by atoms with Crippen molar-refractivity contribution >= 4 is 11.0 Å². The number of rotatable bonds is 3. The maximum absolute atomic E-state index is 11.9. The van der Waals surface area contributed by atoms with E-state index in [0.29, 0.717) is 0 Å². The molecule has 0 aliphatic rings. The Morgan fingerprint density at radius 3 is 2.69 bits per heavy atom. The van der Waals surface area contributed by atoms with Crippen LogP contribution in [0.2, 0.25) is 0 Å². The Labute approximate surface area is 94.1 Å². The van der Waals surface area contributed by atoms with Gasteiger partial charge in [-0.25, -0.2) is 9.66 Å². The van der Waals surface area contributed by atoms with Crippen molar-refractivity contribution in [2.45, 2.75) is 13.8 Å². The lowest BCUT2D eigenvalue weighted by Gasteiger charge is -2.24. The molecule has 0 radical (unpaired) electrons. The van der Waals surface area contributed by atoms with E-state index < -0.39 is 0 Å². The van der Waals surface area contributed by atoms with E-state index in [4.69, 9.17) is 0 Å². The van der Waals surface area contributed by atoms with Crippen LogP contribution in [0.4, 0.5) is 0 Å². The summed E-state index contributed by atoms with van der Waals surface area (Å²) in [5.74, 6) is 0. The van der Waals surface area contributed by atoms with Crippen LogP contribution in [0.1, 0.15) is 13.8 Å². The van der Waals surface area contributed by atoms with Gasteiger partial charge in [-0.3, -0.25) is 4.79 Å². The van der Waals surface area contributed by atoms with Gasteiger partial charge in [0.15, 0.2) is 5.65 Å². The molecule has 0 unspecified atom stereocenters. The third-order valence-electron chi connectivity index (χ3n) is 2.64. The zero-order valence-corrected chi connectivity index (χ0v) is 9.55. The molecule has 0 amide bonds. The van der Waals surface area contributed by atoms with Crippen molar-refractivity contribution in [3.63, 3.8) is 0 Å². The van der Waals surface area contributed by atoms with Gasteiger partial charge in [0.25, 0.3) is 5.56 Å². The number of fused-ring (bicyclic) bond motifs is 1. The van der Waals surface area contributed by atoms with Crippen LogP contribution in [-0.4, -0.2) is 22.7 Å². The van der Waals surface area contributed by atoms with Gasteiger partial charge in [-0.05, 0) is 32.0 Å². The van der Waals surface area contributed by atoms with E-state index in [2.05, 4.69) is 4.98 Å². The van der Waals surface area contributed by atoms with Crippen molar-refractivity contribution in [3.05, 3.63) is 40.8 Å². The lowest BCUT2D eigenvalue weighted by molar-refractivity contribution is 0.615. The smallest absolute Gasteiger partial charge is 0.270 e. The predicted molar refractivity (Wildman–Crippen MR) is 65.3 cm³/mol. The molecule has 0 aliphatic carbocycles. The van der Waals surface area contributed by atoms with Crippen molar-refractivity contribution in [3.8, 4) is 0 Å². The molecule has 0 bridgehead atoms. The van der Waals surface area contributed by atoms with Crippen molar-refractivity contribution in [1.82, 2.24) is 9.66 Å². The first-order valence-electron chi connectivity index (χ1n) is 5.50. The van der Waals surface area contributed by atoms with Crippen LogP contribution >= 0.6 is 0 Å². The second-order valence-electron chi connectivity index (χ2n) is 3.54. The van der Waals surface area contributed by atoms with Gasteiger partial charge in [0, 0.05) is 30.7 Å². The molecular formula is C12H15N3O. The molecule has 0 atom stereocenters. The average Bonchev–Trinajstić information content (AvgIpc) is 2.33. The molecule has 84 valence electrons. The normalized spacial score (nSPS) is 10.6. The van der Waals surface area contributed by atoms with Crippen LogP contribution in [0.5, 0.6) is 0 Å². The van der Waals surface area contributed by atoms with E-state index in [-0.39, 0.29) is 5.56 Å². The highest BCUT2D eigenvalue weighted by Gasteiger charge is 2.08. The number of hydrogen-bond acceptors (Lipinski definition) is 3. The maximum atomic E-state index is 11.9. The lowest BCUT2D eigenvalue weighted by atomic mass is 10.3. The Morgan fingerprint density at radius 2 is 2.00 bits per heavy atom. The molecule has 4 heteroatoms. The molecular weight excluding hydrogens is 202 g/mol. The number of pyridine rings is 2. The summed E-state index contributed by atoms with van der Waals surface area (Å²) in [5, 5.41) is 2.95. The fraction of sp³-hybridized carbons (Fsp3) is 0.333. The third-order valence-corrected chi connectivity index (χ3v) is 2.64. The topological polar surface area (TPSA) is 38.1 Å². The predicted octanol–water partition coefficient (Wildman–Crippen LogP) is 1.37. The van der Waals surface area contributed by atoms with Crippen LogP contribution in [0.3, 0.4) is 0 Å². The zero-order chi connectivity index (χ0) is 11.5. The van der Waals surface area contributed by atoms with E-state index in [1.54, 1.807) is 16.9 Å². The van der Waals surface area contributed by atoms with Crippen LogP contribution in [0, 0.1) is 0 Å². The van der Waals surface area contributed by atoms with E-state index in [9.17, 15) is 4.79 Å². The quantitative estimate of drug-likeness (QED) is 0.779. The number of aromatic nitrogens is 2. The second kappa shape index (κ2) is 4.35. The fourth-order valence-corrected chi connectivity index (χ4v) is 1.83. The van der Waals surface area contributed by atoms with Gasteiger partial charge >= 0.3 is 0 Å². The molecule has 2 heterocycles. The van der Waals surface area contributed by atoms with Crippen molar-refractivity contribution in [2.24, 2.45) is 0 Å². The van der Waals surface area contributed by atoms with Crippen LogP contribution < -0.4 is 10.6 Å². The third kappa shape index (κ3) is 1.66. The van der Waals surface area contributed by atoms with Gasteiger partial charge in [-0.2, -0.15) is 0 Å². The molecule has 0 saturated carbocycles. The first kappa shape index (κ1) is 10.7. The van der Waals surface area contributed by atoms with E-state index >= 15 is 0 Å². The Morgan fingerprint density at radius 1 is 1.25 bits per heavy atom. The summed E-state index contributed by atoms with van der Waals surface area (Å²) in [6, 6.07) is 7.23. The van der Waals surface area contributed by atoms with E-state index in [1.165, 1.54) is 0 Å². The minimum atomic E-state index is -0.0325. The molecule has 16 heavy (non-hydrogen) atoms. The molecule has 4 nitrogen and oxygen atoms in total. The fourth-order valence-electron chi connectivity index (χ4n) is 1.83. The van der Waals surface area contributed by atoms with Crippen LogP contribution in [0.15, 0.2) is 35.3 Å². The first-order valence-corrected chi connectivity index (χ1v) is 5.50. The maximum Gasteiger partial charge on any atom is 0.270 e. The summed E-state index contributed by atoms with van der Waals surface area (Å²) in [6.45, 7) is 5.62. The summed E-state index contributed by atoms with van der Waals surface area (Å²) < 4.78 is 1.65. The number of nitrogens with zero attached hydrogens (tertiary/aromatic N) is 3. The van der Waals surface area contributed by atoms with Crippen molar-refractivity contribution < 1.29 is 0 Å². The Balaban J connectivity index is 2.75. The van der Waals surface area contributed by atoms with Crippen LogP contribution in [0.25, 0.3) is 11.0 Å². The zero-order valence-electron chi connectivity index (χ0n) is 9.55. The average molecular weight is 217 g/mol. The van der Waals surface area contributed by atoms with E-state index in [1.807, 2.05) is 37.1 Å². The van der Waals surface area contributed by atoms with Crippen molar-refractivity contribution in [2.75, 3.05) is 18.1 Å². The molecule has 0 aromatic carbocycles. The molecule has 0 spiro atoms. The summed E-state index contributed by atoms with van der Waals surface area (Å²) in [7, 11) is 0. The largest absolute Gasteiger partial charge is 0.309 e. The van der Waals surface area contributed by atoms with Gasteiger partial charge in [-0.15, -0.1) is 0 Å². The summed E-state index contributed by atoms with van der Waals surface area (Å²) in [5.41, 5.74) is 0.689. The Bertz CT molecular complexity index is 543. The SMILES string of the molecule is CCN(CC)n1c(=O)ccc2cccnc21. The molecule has 0 N–H and O–H groups in total. The molecule has 0 fully saturated rings. The van der Waals surface area contributed by atoms with E-state index in [0.717, 1.165) is 24.1 Å². The summed E-state index contributed by atoms with van der Waals surface area (Å²) in [6.07, 6.45) is 1.71. The Kier molecular flexibility index (Phi) is 2.90. The second-order valence-corrected chi connectivity index (χ2v) is 3.54. The van der Waals surface area contributed by atoms with Gasteiger partial charge in [0.2, 0.25) is 0 Å². The Hall–Kier alpha value is -1.84. The molecule has 2 rings (SSSR count). The lowest BCUT2D eigenvalue weighted by Crippen LogP contribution is -2.42. The minimum Gasteiger partial charge on any atom is -0.309 e. The van der Waals surface area contributed by atoms with Gasteiger partial charge < -0.3 is 5.01 Å². The molecule has 2 aromatic rings. The van der Waals surface area contributed by atoms with Crippen molar-refractivity contribution in [1.29, 1.82) is 0 Å². The van der Waals surface area contributed by atoms with Gasteiger partial charge in [0.05, 0.1) is 0 Å². The minimum absolute atomic E-state index is 0.0325. The molecule has 0 saturated heterocycles. The highest BCUT2D eigenvalue weighted by molar-refractivity contribution is 5.74. The first-order chi connectivity index (χ1) is 7.77. The standard InChI is InChI=1S/C12H15N3O/c1-3-14(4-2)15-11(16)8-7-10-6-5-9-13-12(10)15/h5-9H,3-4H2,1-2H3. The molecule has 2 aromatic heterocycles. The highest BCUT2D eigenvalue weighted by Crippen LogP contribution is 2.07. The highest BCUT2D eigenvalue weighted by atomic mass is 16.1. The van der Waals surface area contributed by atoms with Gasteiger partial charge in [-0.1, -0.05) is 0 Å². The molecule has 0 aliphatic heterocycles. The monoisotopic (exact) mass is 217 g/mol. The summed E-state index contributed by atoms with van der Waals surface area (Å²) in [4.78, 5) is 16.2. The van der Waals surface area contributed by atoms with Crippen LogP contribution in [-0.2, 0) is 0 Å².